The van der Waals surface area contributed by atoms with Gasteiger partial charge in [0, 0.05) is 19.2 Å². The van der Waals surface area contributed by atoms with E-state index in [9.17, 15) is 9.90 Å². The number of carbonyl (C=O) groups is 1. The molecule has 1 aromatic carbocycles. The number of rotatable bonds is 6. The minimum atomic E-state index is -0.838. The third-order valence-corrected chi connectivity index (χ3v) is 2.83. The molecule has 0 radical (unpaired) electrons. The number of hydrogen-bond donors (Lipinski definition) is 2. The van der Waals surface area contributed by atoms with Gasteiger partial charge in [-0.25, -0.2) is 0 Å². The number of nitrogens with one attached hydrogen (secondary N) is 1. The number of carboxylic acid groups (broad SMARTS) is 1. The van der Waals surface area contributed by atoms with E-state index >= 15 is 0 Å². The maximum Gasteiger partial charge on any atom is 0.312 e. The van der Waals surface area contributed by atoms with E-state index in [4.69, 9.17) is 4.52 Å². The summed E-state index contributed by atoms with van der Waals surface area (Å²) in [6.07, 6.45) is 0. The van der Waals surface area contributed by atoms with Gasteiger partial charge >= 0.3 is 5.97 Å². The smallest absolute Gasteiger partial charge is 0.312 e. The molecule has 1 aromatic heterocycles. The standard InChI is InChI=1S/C14H16N2O3/c1-10-7-12(16-19-10)8-15-9-13(14(17)18)11-5-3-2-4-6-11/h2-7,13,15H,8-9H2,1H3,(H,17,18). The van der Waals surface area contributed by atoms with Gasteiger partial charge in [-0.1, -0.05) is 35.5 Å². The van der Waals surface area contributed by atoms with Crippen LogP contribution in [0.25, 0.3) is 0 Å². The number of hydrogen-bond acceptors (Lipinski definition) is 4. The molecule has 2 N–H and O–H groups in total. The molecule has 2 rings (SSSR count). The van der Waals surface area contributed by atoms with Gasteiger partial charge in [-0.15, -0.1) is 0 Å². The first-order valence-electron chi connectivity index (χ1n) is 6.07. The van der Waals surface area contributed by atoms with Crippen molar-refractivity contribution in [1.29, 1.82) is 0 Å². The number of aromatic nitrogens is 1. The largest absolute Gasteiger partial charge is 0.481 e. The normalized spacial score (nSPS) is 12.3. The second kappa shape index (κ2) is 6.15. The van der Waals surface area contributed by atoms with Crippen LogP contribution >= 0.6 is 0 Å². The Balaban J connectivity index is 1.93. The third kappa shape index (κ3) is 3.66. The Morgan fingerprint density at radius 1 is 1.42 bits per heavy atom. The minimum Gasteiger partial charge on any atom is -0.481 e. The third-order valence-electron chi connectivity index (χ3n) is 2.83. The highest BCUT2D eigenvalue weighted by molar-refractivity contribution is 5.76. The Bertz CT molecular complexity index is 537. The van der Waals surface area contributed by atoms with E-state index in [0.29, 0.717) is 13.1 Å². The van der Waals surface area contributed by atoms with Crippen molar-refractivity contribution in [3.05, 3.63) is 53.4 Å². The van der Waals surface area contributed by atoms with Crippen molar-refractivity contribution >= 4 is 5.97 Å². The van der Waals surface area contributed by atoms with Gasteiger partial charge in [0.15, 0.2) is 0 Å². The number of benzene rings is 1. The Morgan fingerprint density at radius 2 is 2.16 bits per heavy atom. The zero-order valence-electron chi connectivity index (χ0n) is 10.7. The lowest BCUT2D eigenvalue weighted by Crippen LogP contribution is -2.26. The van der Waals surface area contributed by atoms with Gasteiger partial charge in [0.1, 0.15) is 5.76 Å². The lowest BCUT2D eigenvalue weighted by atomic mass is 9.99. The average Bonchev–Trinajstić information content (AvgIpc) is 2.81. The summed E-state index contributed by atoms with van der Waals surface area (Å²) < 4.78 is 4.95. The number of nitrogens with zero attached hydrogens (tertiary/aromatic N) is 1. The maximum atomic E-state index is 11.3. The molecule has 2 aromatic rings. The van der Waals surface area contributed by atoms with Crippen LogP contribution in [0, 0.1) is 6.92 Å². The molecule has 0 saturated heterocycles. The van der Waals surface area contributed by atoms with Crippen molar-refractivity contribution in [2.75, 3.05) is 6.54 Å². The van der Waals surface area contributed by atoms with Crippen molar-refractivity contribution < 1.29 is 14.4 Å². The van der Waals surface area contributed by atoms with Crippen molar-refractivity contribution in [2.45, 2.75) is 19.4 Å². The molecule has 1 heterocycles. The predicted octanol–water partition coefficient (Wildman–Crippen LogP) is 1.94. The Kier molecular flexibility index (Phi) is 4.30. The first kappa shape index (κ1) is 13.3. The van der Waals surface area contributed by atoms with Crippen LogP contribution in [0.4, 0.5) is 0 Å². The summed E-state index contributed by atoms with van der Waals surface area (Å²) in [5.41, 5.74) is 1.56. The van der Waals surface area contributed by atoms with E-state index in [2.05, 4.69) is 10.5 Å². The molecule has 1 atom stereocenters. The molecule has 19 heavy (non-hydrogen) atoms. The van der Waals surface area contributed by atoms with Gasteiger partial charge in [0.05, 0.1) is 11.6 Å². The van der Waals surface area contributed by atoms with Crippen LogP contribution < -0.4 is 5.32 Å². The van der Waals surface area contributed by atoms with Crippen LogP contribution in [0.3, 0.4) is 0 Å². The van der Waals surface area contributed by atoms with E-state index < -0.39 is 11.9 Å². The number of carboxylic acids is 1. The molecule has 0 fully saturated rings. The lowest BCUT2D eigenvalue weighted by molar-refractivity contribution is -0.138. The van der Waals surface area contributed by atoms with Gasteiger partial charge in [-0.05, 0) is 12.5 Å². The fraction of sp³-hybridized carbons (Fsp3) is 0.286. The van der Waals surface area contributed by atoms with E-state index in [1.807, 2.05) is 43.3 Å². The molecule has 0 aliphatic heterocycles. The monoisotopic (exact) mass is 260 g/mol. The number of aryl methyl sites for hydroxylation is 1. The van der Waals surface area contributed by atoms with Crippen LogP contribution in [-0.2, 0) is 11.3 Å². The molecule has 1 unspecified atom stereocenters. The van der Waals surface area contributed by atoms with E-state index in [-0.39, 0.29) is 0 Å². The molecular weight excluding hydrogens is 244 g/mol. The van der Waals surface area contributed by atoms with E-state index in [0.717, 1.165) is 17.0 Å². The van der Waals surface area contributed by atoms with Crippen LogP contribution in [0.2, 0.25) is 0 Å². The predicted molar refractivity (Wildman–Crippen MR) is 69.8 cm³/mol. The van der Waals surface area contributed by atoms with Crippen LogP contribution in [0.5, 0.6) is 0 Å². The SMILES string of the molecule is Cc1cc(CNCC(C(=O)O)c2ccccc2)no1. The van der Waals surface area contributed by atoms with Crippen molar-refractivity contribution in [3.63, 3.8) is 0 Å². The second-order valence-electron chi connectivity index (χ2n) is 4.36. The molecular formula is C14H16N2O3. The first-order valence-corrected chi connectivity index (χ1v) is 6.07. The van der Waals surface area contributed by atoms with Crippen molar-refractivity contribution in [2.24, 2.45) is 0 Å². The van der Waals surface area contributed by atoms with Gasteiger partial charge in [0.25, 0.3) is 0 Å². The van der Waals surface area contributed by atoms with E-state index in [1.54, 1.807) is 0 Å². The highest BCUT2D eigenvalue weighted by Crippen LogP contribution is 2.15. The summed E-state index contributed by atoms with van der Waals surface area (Å²) in [5.74, 6) is -0.654. The Morgan fingerprint density at radius 3 is 2.74 bits per heavy atom. The average molecular weight is 260 g/mol. The molecule has 0 spiro atoms. The number of aliphatic carboxylic acids is 1. The van der Waals surface area contributed by atoms with Gasteiger partial charge in [0.2, 0.25) is 0 Å². The minimum absolute atomic E-state index is 0.352. The summed E-state index contributed by atoms with van der Waals surface area (Å²) in [7, 11) is 0. The molecule has 0 saturated carbocycles. The van der Waals surface area contributed by atoms with Crippen molar-refractivity contribution in [3.8, 4) is 0 Å². The van der Waals surface area contributed by atoms with Gasteiger partial charge < -0.3 is 14.9 Å². The Hall–Kier alpha value is -2.14. The molecule has 0 bridgehead atoms. The quantitative estimate of drug-likeness (QED) is 0.830. The zero-order chi connectivity index (χ0) is 13.7. The Labute approximate surface area is 111 Å². The molecule has 0 aliphatic carbocycles. The van der Waals surface area contributed by atoms with E-state index in [1.165, 1.54) is 0 Å². The first-order chi connectivity index (χ1) is 9.16. The van der Waals surface area contributed by atoms with Crippen LogP contribution in [0.1, 0.15) is 22.9 Å². The lowest BCUT2D eigenvalue weighted by Gasteiger charge is -2.13. The summed E-state index contributed by atoms with van der Waals surface area (Å²) in [6.45, 7) is 2.67. The molecule has 5 heteroatoms. The summed E-state index contributed by atoms with van der Waals surface area (Å²) in [5, 5.41) is 16.2. The van der Waals surface area contributed by atoms with Crippen LogP contribution in [-0.4, -0.2) is 22.8 Å². The van der Waals surface area contributed by atoms with Gasteiger partial charge in [-0.2, -0.15) is 0 Å². The molecule has 100 valence electrons. The molecule has 0 aliphatic rings. The fourth-order valence-corrected chi connectivity index (χ4v) is 1.88. The summed E-state index contributed by atoms with van der Waals surface area (Å²) >= 11 is 0. The highest BCUT2D eigenvalue weighted by Gasteiger charge is 2.19. The molecule has 5 nitrogen and oxygen atoms in total. The second-order valence-corrected chi connectivity index (χ2v) is 4.36. The fourth-order valence-electron chi connectivity index (χ4n) is 1.88. The van der Waals surface area contributed by atoms with Crippen LogP contribution in [0.15, 0.2) is 40.9 Å². The maximum absolute atomic E-state index is 11.3. The summed E-state index contributed by atoms with van der Waals surface area (Å²) in [6, 6.07) is 11.0. The topological polar surface area (TPSA) is 75.4 Å². The van der Waals surface area contributed by atoms with Crippen molar-refractivity contribution in [1.82, 2.24) is 10.5 Å². The van der Waals surface area contributed by atoms with Gasteiger partial charge in [-0.3, -0.25) is 4.79 Å². The summed E-state index contributed by atoms with van der Waals surface area (Å²) in [4.78, 5) is 11.3. The highest BCUT2D eigenvalue weighted by atomic mass is 16.5. The molecule has 0 amide bonds. The zero-order valence-corrected chi connectivity index (χ0v) is 10.7.